The molecule has 1 aliphatic carbocycles. The standard InChI is InChI=1S/C11H20N2O2/c1-15-11(14)13-10-6-4-2-3-5-9(7-10)8-12/h3,5,9-10H,2,4,6-8,12H2,1H3,(H,13,14)/b5-3+. The first-order valence-corrected chi connectivity index (χ1v) is 5.47. The van der Waals surface area contributed by atoms with Crippen LogP contribution in [0.1, 0.15) is 25.7 Å². The van der Waals surface area contributed by atoms with Crippen LogP contribution in [-0.4, -0.2) is 25.8 Å². The van der Waals surface area contributed by atoms with Crippen LogP contribution >= 0.6 is 0 Å². The number of carbonyl (C=O) groups excluding carboxylic acids is 1. The quantitative estimate of drug-likeness (QED) is 0.680. The topological polar surface area (TPSA) is 64.3 Å². The lowest BCUT2D eigenvalue weighted by atomic mass is 9.93. The van der Waals surface area contributed by atoms with Gasteiger partial charge in [-0.3, -0.25) is 0 Å². The molecule has 0 fully saturated rings. The average Bonchev–Trinajstić information content (AvgIpc) is 2.21. The number of methoxy groups -OCH3 is 1. The second-order valence-electron chi connectivity index (χ2n) is 3.92. The highest BCUT2D eigenvalue weighted by molar-refractivity contribution is 5.67. The van der Waals surface area contributed by atoms with Crippen molar-refractivity contribution in [1.82, 2.24) is 5.32 Å². The minimum absolute atomic E-state index is 0.191. The third-order valence-corrected chi connectivity index (χ3v) is 2.73. The third-order valence-electron chi connectivity index (χ3n) is 2.73. The molecule has 0 radical (unpaired) electrons. The molecule has 0 heterocycles. The average molecular weight is 212 g/mol. The molecule has 4 nitrogen and oxygen atoms in total. The molecule has 4 heteroatoms. The fourth-order valence-corrected chi connectivity index (χ4v) is 1.86. The van der Waals surface area contributed by atoms with Crippen LogP contribution in [-0.2, 0) is 4.74 Å². The molecule has 86 valence electrons. The van der Waals surface area contributed by atoms with Gasteiger partial charge in [-0.05, 0) is 38.1 Å². The lowest BCUT2D eigenvalue weighted by molar-refractivity contribution is 0.164. The summed E-state index contributed by atoms with van der Waals surface area (Å²) >= 11 is 0. The zero-order valence-electron chi connectivity index (χ0n) is 9.24. The molecule has 1 aliphatic rings. The number of hydrogen-bond acceptors (Lipinski definition) is 3. The maximum absolute atomic E-state index is 11.1. The normalized spacial score (nSPS) is 28.7. The van der Waals surface area contributed by atoms with Crippen molar-refractivity contribution in [2.75, 3.05) is 13.7 Å². The monoisotopic (exact) mass is 212 g/mol. The van der Waals surface area contributed by atoms with Crippen LogP contribution in [0.5, 0.6) is 0 Å². The summed E-state index contributed by atoms with van der Waals surface area (Å²) in [6, 6.07) is 0.191. The van der Waals surface area contributed by atoms with Gasteiger partial charge in [-0.2, -0.15) is 0 Å². The molecule has 0 saturated heterocycles. The van der Waals surface area contributed by atoms with E-state index in [-0.39, 0.29) is 12.1 Å². The van der Waals surface area contributed by atoms with E-state index >= 15 is 0 Å². The Morgan fingerprint density at radius 1 is 1.67 bits per heavy atom. The first-order valence-electron chi connectivity index (χ1n) is 5.47. The van der Waals surface area contributed by atoms with Gasteiger partial charge in [0.2, 0.25) is 0 Å². The zero-order valence-corrected chi connectivity index (χ0v) is 9.24. The van der Waals surface area contributed by atoms with E-state index in [9.17, 15) is 4.79 Å². The summed E-state index contributed by atoms with van der Waals surface area (Å²) in [5.74, 6) is 0.368. The van der Waals surface area contributed by atoms with E-state index in [4.69, 9.17) is 5.73 Å². The van der Waals surface area contributed by atoms with Crippen LogP contribution in [0.15, 0.2) is 12.2 Å². The van der Waals surface area contributed by atoms with Crippen molar-refractivity contribution in [2.24, 2.45) is 11.7 Å². The van der Waals surface area contributed by atoms with E-state index in [1.165, 1.54) is 7.11 Å². The molecule has 0 spiro atoms. The van der Waals surface area contributed by atoms with Crippen LogP contribution in [0, 0.1) is 5.92 Å². The number of alkyl carbamates (subject to hydrolysis) is 1. The number of carbonyl (C=O) groups is 1. The van der Waals surface area contributed by atoms with Crippen molar-refractivity contribution in [1.29, 1.82) is 0 Å². The molecular formula is C11H20N2O2. The highest BCUT2D eigenvalue weighted by Gasteiger charge is 2.17. The summed E-state index contributed by atoms with van der Waals surface area (Å²) < 4.78 is 4.59. The van der Waals surface area contributed by atoms with Crippen LogP contribution in [0.25, 0.3) is 0 Å². The van der Waals surface area contributed by atoms with E-state index < -0.39 is 0 Å². The van der Waals surface area contributed by atoms with Crippen molar-refractivity contribution in [3.05, 3.63) is 12.2 Å². The summed E-state index contributed by atoms with van der Waals surface area (Å²) in [7, 11) is 1.39. The van der Waals surface area contributed by atoms with Crippen molar-refractivity contribution in [3.8, 4) is 0 Å². The van der Waals surface area contributed by atoms with Gasteiger partial charge in [0.15, 0.2) is 0 Å². The smallest absolute Gasteiger partial charge is 0.407 e. The minimum atomic E-state index is -0.347. The SMILES string of the molecule is COC(=O)NC1CCC/C=C/C(CN)C1. The predicted molar refractivity (Wildman–Crippen MR) is 59.5 cm³/mol. The molecule has 0 aromatic rings. The predicted octanol–water partition coefficient (Wildman–Crippen LogP) is 1.42. The van der Waals surface area contributed by atoms with E-state index in [0.29, 0.717) is 12.5 Å². The van der Waals surface area contributed by atoms with E-state index in [1.54, 1.807) is 0 Å². The highest BCUT2D eigenvalue weighted by Crippen LogP contribution is 2.16. The molecule has 3 N–H and O–H groups in total. The van der Waals surface area contributed by atoms with Crippen molar-refractivity contribution in [2.45, 2.75) is 31.7 Å². The molecule has 0 bridgehead atoms. The van der Waals surface area contributed by atoms with Crippen LogP contribution < -0.4 is 11.1 Å². The Bertz CT molecular complexity index is 229. The third kappa shape index (κ3) is 4.34. The summed E-state index contributed by atoms with van der Waals surface area (Å²) in [5.41, 5.74) is 5.65. The number of amides is 1. The number of hydrogen-bond donors (Lipinski definition) is 2. The molecule has 0 aromatic carbocycles. The number of ether oxygens (including phenoxy) is 1. The molecule has 1 amide bonds. The first kappa shape index (κ1) is 12.0. The first-order chi connectivity index (χ1) is 7.26. The largest absolute Gasteiger partial charge is 0.453 e. The molecule has 0 aliphatic heterocycles. The van der Waals surface area contributed by atoms with Crippen molar-refractivity contribution in [3.63, 3.8) is 0 Å². The summed E-state index contributed by atoms with van der Waals surface area (Å²) in [6.07, 6.45) is 8.06. The van der Waals surface area contributed by atoms with Crippen molar-refractivity contribution < 1.29 is 9.53 Å². The van der Waals surface area contributed by atoms with Gasteiger partial charge in [-0.15, -0.1) is 0 Å². The Morgan fingerprint density at radius 3 is 3.13 bits per heavy atom. The van der Waals surface area contributed by atoms with Gasteiger partial charge in [-0.1, -0.05) is 12.2 Å². The maximum atomic E-state index is 11.1. The van der Waals surface area contributed by atoms with Crippen LogP contribution in [0.4, 0.5) is 4.79 Å². The van der Waals surface area contributed by atoms with E-state index in [0.717, 1.165) is 25.7 Å². The Morgan fingerprint density at radius 2 is 2.47 bits per heavy atom. The fraction of sp³-hybridized carbons (Fsp3) is 0.727. The Labute approximate surface area is 90.9 Å². The zero-order chi connectivity index (χ0) is 11.1. The molecular weight excluding hydrogens is 192 g/mol. The number of nitrogens with two attached hydrogens (primary N) is 1. The number of nitrogens with one attached hydrogen (secondary N) is 1. The molecule has 2 unspecified atom stereocenters. The van der Waals surface area contributed by atoms with E-state index in [2.05, 4.69) is 22.2 Å². The van der Waals surface area contributed by atoms with Gasteiger partial charge < -0.3 is 15.8 Å². The second-order valence-corrected chi connectivity index (χ2v) is 3.92. The summed E-state index contributed by atoms with van der Waals surface area (Å²) in [6.45, 7) is 0.635. The van der Waals surface area contributed by atoms with Crippen LogP contribution in [0.2, 0.25) is 0 Å². The minimum Gasteiger partial charge on any atom is -0.453 e. The van der Waals surface area contributed by atoms with Gasteiger partial charge in [0.25, 0.3) is 0 Å². The van der Waals surface area contributed by atoms with Gasteiger partial charge in [0, 0.05) is 6.04 Å². The van der Waals surface area contributed by atoms with Gasteiger partial charge in [0.05, 0.1) is 7.11 Å². The van der Waals surface area contributed by atoms with Crippen molar-refractivity contribution >= 4 is 6.09 Å². The number of allylic oxidation sites excluding steroid dienone is 1. The lowest BCUT2D eigenvalue weighted by Gasteiger charge is -2.23. The molecule has 15 heavy (non-hydrogen) atoms. The summed E-state index contributed by atoms with van der Waals surface area (Å²) in [4.78, 5) is 11.1. The molecule has 2 atom stereocenters. The Kier molecular flexibility index (Phi) is 5.18. The molecule has 1 rings (SSSR count). The number of rotatable bonds is 2. The second kappa shape index (κ2) is 6.45. The Balaban J connectivity index is 2.48. The molecule has 0 saturated carbocycles. The summed E-state index contributed by atoms with van der Waals surface area (Å²) in [5, 5.41) is 2.85. The van der Waals surface area contributed by atoms with Crippen LogP contribution in [0.3, 0.4) is 0 Å². The molecule has 0 aromatic heterocycles. The Hall–Kier alpha value is -1.03. The highest BCUT2D eigenvalue weighted by atomic mass is 16.5. The van der Waals surface area contributed by atoms with Gasteiger partial charge in [0.1, 0.15) is 0 Å². The van der Waals surface area contributed by atoms with Gasteiger partial charge >= 0.3 is 6.09 Å². The lowest BCUT2D eigenvalue weighted by Crippen LogP contribution is -2.37. The van der Waals surface area contributed by atoms with E-state index in [1.807, 2.05) is 0 Å². The van der Waals surface area contributed by atoms with Gasteiger partial charge in [-0.25, -0.2) is 4.79 Å². The maximum Gasteiger partial charge on any atom is 0.407 e. The fourth-order valence-electron chi connectivity index (χ4n) is 1.86.